The third kappa shape index (κ3) is 3.17. The number of thioether (sulfide) groups is 1. The Labute approximate surface area is 109 Å². The van der Waals surface area contributed by atoms with E-state index in [1.165, 1.54) is 30.1 Å². The molecule has 0 bridgehead atoms. The summed E-state index contributed by atoms with van der Waals surface area (Å²) in [4.78, 5) is 3.88. The highest BCUT2D eigenvalue weighted by molar-refractivity contribution is 7.98. The minimum Gasteiger partial charge on any atom is -0.380 e. The minimum atomic E-state index is 0.602. The van der Waals surface area contributed by atoms with Gasteiger partial charge in [0.25, 0.3) is 0 Å². The molecule has 1 atom stereocenters. The Kier molecular flexibility index (Phi) is 4.35. The van der Waals surface area contributed by atoms with E-state index in [1.54, 1.807) is 0 Å². The molecule has 1 aromatic rings. The lowest BCUT2D eigenvalue weighted by molar-refractivity contribution is 0.274. The molecule has 1 aromatic carbocycles. The molecule has 0 spiro atoms. The fraction of sp³-hybridized carbons (Fsp3) is 0.571. The Bertz CT molecular complexity index is 365. The molecule has 17 heavy (non-hydrogen) atoms. The van der Waals surface area contributed by atoms with Crippen LogP contribution in [0.4, 0.5) is 5.69 Å². The van der Waals surface area contributed by atoms with Crippen molar-refractivity contribution in [1.29, 1.82) is 0 Å². The first-order valence-corrected chi connectivity index (χ1v) is 7.56. The van der Waals surface area contributed by atoms with Crippen molar-refractivity contribution in [2.24, 2.45) is 0 Å². The zero-order chi connectivity index (χ0) is 12.3. The van der Waals surface area contributed by atoms with Crippen molar-refractivity contribution in [3.63, 3.8) is 0 Å². The molecule has 0 amide bonds. The van der Waals surface area contributed by atoms with Crippen LogP contribution in [0.2, 0.25) is 0 Å². The van der Waals surface area contributed by atoms with Gasteiger partial charge in [-0.2, -0.15) is 0 Å². The van der Waals surface area contributed by atoms with E-state index in [9.17, 15) is 0 Å². The first-order valence-electron chi connectivity index (χ1n) is 6.34. The fourth-order valence-electron chi connectivity index (χ4n) is 2.36. The number of nitrogens with one attached hydrogen (secondary N) is 1. The van der Waals surface area contributed by atoms with E-state index in [2.05, 4.69) is 54.6 Å². The lowest BCUT2D eigenvalue weighted by atomic mass is 10.2. The van der Waals surface area contributed by atoms with Crippen LogP contribution in [0.25, 0.3) is 0 Å². The molecule has 2 nitrogen and oxygen atoms in total. The van der Waals surface area contributed by atoms with Gasteiger partial charge in [0.15, 0.2) is 0 Å². The Morgan fingerprint density at radius 3 is 2.76 bits per heavy atom. The van der Waals surface area contributed by atoms with Gasteiger partial charge in [-0.3, -0.25) is 4.90 Å². The third-order valence-corrected chi connectivity index (χ3v) is 4.21. The molecule has 1 N–H and O–H groups in total. The number of hydrogen-bond acceptors (Lipinski definition) is 3. The molecule has 1 heterocycles. The third-order valence-electron chi connectivity index (χ3n) is 3.42. The molecule has 0 aromatic heterocycles. The monoisotopic (exact) mass is 250 g/mol. The second-order valence-corrected chi connectivity index (χ2v) is 5.77. The van der Waals surface area contributed by atoms with Crippen LogP contribution in [-0.2, 0) is 0 Å². The standard InChI is InChI=1S/C14H22N2S/c1-11(2)16-9-8-12(10-16)15-13-6-4-5-7-14(13)17-3/h4-7,11-12,15H,8-10H2,1-3H3. The summed E-state index contributed by atoms with van der Waals surface area (Å²) in [5.41, 5.74) is 1.29. The lowest BCUT2D eigenvalue weighted by Crippen LogP contribution is -2.31. The maximum Gasteiger partial charge on any atom is 0.0480 e. The molecule has 0 radical (unpaired) electrons. The highest BCUT2D eigenvalue weighted by atomic mass is 32.2. The molecule has 1 unspecified atom stereocenters. The van der Waals surface area contributed by atoms with Crippen molar-refractivity contribution in [1.82, 2.24) is 4.90 Å². The van der Waals surface area contributed by atoms with Crippen LogP contribution in [0.15, 0.2) is 29.2 Å². The van der Waals surface area contributed by atoms with Gasteiger partial charge in [-0.05, 0) is 38.7 Å². The van der Waals surface area contributed by atoms with E-state index in [1.807, 2.05) is 11.8 Å². The van der Waals surface area contributed by atoms with Gasteiger partial charge in [-0.15, -0.1) is 11.8 Å². The highest BCUT2D eigenvalue weighted by Crippen LogP contribution is 2.27. The molecule has 0 aliphatic carbocycles. The first kappa shape index (κ1) is 12.8. The molecular formula is C14H22N2S. The van der Waals surface area contributed by atoms with Gasteiger partial charge < -0.3 is 5.32 Å². The molecule has 3 heteroatoms. The molecule has 1 saturated heterocycles. The maximum absolute atomic E-state index is 3.68. The molecule has 1 aliphatic rings. The van der Waals surface area contributed by atoms with Crippen LogP contribution in [0.3, 0.4) is 0 Å². The molecule has 0 saturated carbocycles. The van der Waals surface area contributed by atoms with Crippen molar-refractivity contribution < 1.29 is 0 Å². The summed E-state index contributed by atoms with van der Waals surface area (Å²) in [6.07, 6.45) is 3.39. The van der Waals surface area contributed by atoms with Gasteiger partial charge in [0.2, 0.25) is 0 Å². The molecule has 1 aliphatic heterocycles. The number of rotatable bonds is 4. The molecule has 1 fully saturated rings. The summed E-state index contributed by atoms with van der Waals surface area (Å²) in [6.45, 7) is 6.94. The van der Waals surface area contributed by atoms with Gasteiger partial charge >= 0.3 is 0 Å². The quantitative estimate of drug-likeness (QED) is 0.825. The lowest BCUT2D eigenvalue weighted by Gasteiger charge is -2.21. The molecular weight excluding hydrogens is 228 g/mol. The summed E-state index contributed by atoms with van der Waals surface area (Å²) >= 11 is 1.81. The van der Waals surface area contributed by atoms with Crippen LogP contribution >= 0.6 is 11.8 Å². The fourth-order valence-corrected chi connectivity index (χ4v) is 2.92. The normalized spacial score (nSPS) is 21.1. The van der Waals surface area contributed by atoms with E-state index in [-0.39, 0.29) is 0 Å². The predicted octanol–water partition coefficient (Wildman–Crippen LogP) is 3.30. The zero-order valence-corrected chi connectivity index (χ0v) is 11.8. The van der Waals surface area contributed by atoms with Crippen LogP contribution in [0, 0.1) is 0 Å². The van der Waals surface area contributed by atoms with Gasteiger partial charge in [0.05, 0.1) is 0 Å². The number of para-hydroxylation sites is 1. The van der Waals surface area contributed by atoms with E-state index < -0.39 is 0 Å². The molecule has 94 valence electrons. The van der Waals surface area contributed by atoms with Crippen molar-refractivity contribution in [2.75, 3.05) is 24.7 Å². The Morgan fingerprint density at radius 2 is 2.12 bits per heavy atom. The van der Waals surface area contributed by atoms with Crippen molar-refractivity contribution in [2.45, 2.75) is 37.2 Å². The van der Waals surface area contributed by atoms with E-state index in [4.69, 9.17) is 0 Å². The van der Waals surface area contributed by atoms with E-state index >= 15 is 0 Å². The Balaban J connectivity index is 1.98. The summed E-state index contributed by atoms with van der Waals surface area (Å²) in [5.74, 6) is 0. The summed E-state index contributed by atoms with van der Waals surface area (Å²) in [7, 11) is 0. The Hall–Kier alpha value is -0.670. The van der Waals surface area contributed by atoms with Crippen LogP contribution in [-0.4, -0.2) is 36.3 Å². The smallest absolute Gasteiger partial charge is 0.0480 e. The summed E-state index contributed by atoms with van der Waals surface area (Å²) < 4.78 is 0. The summed E-state index contributed by atoms with van der Waals surface area (Å²) in [6, 6.07) is 9.85. The SMILES string of the molecule is CSc1ccccc1NC1CCN(C(C)C)C1. The number of anilines is 1. The Morgan fingerprint density at radius 1 is 1.35 bits per heavy atom. The minimum absolute atomic E-state index is 0.602. The van der Waals surface area contributed by atoms with Gasteiger partial charge in [-0.25, -0.2) is 0 Å². The topological polar surface area (TPSA) is 15.3 Å². The van der Waals surface area contributed by atoms with Crippen molar-refractivity contribution in [3.8, 4) is 0 Å². The average molecular weight is 250 g/mol. The average Bonchev–Trinajstić information content (AvgIpc) is 2.78. The van der Waals surface area contributed by atoms with E-state index in [0.29, 0.717) is 12.1 Å². The van der Waals surface area contributed by atoms with E-state index in [0.717, 1.165) is 0 Å². The second kappa shape index (κ2) is 5.78. The first-order chi connectivity index (χ1) is 8.20. The van der Waals surface area contributed by atoms with Gasteiger partial charge in [-0.1, -0.05) is 12.1 Å². The van der Waals surface area contributed by atoms with Crippen LogP contribution in [0.5, 0.6) is 0 Å². The van der Waals surface area contributed by atoms with Gasteiger partial charge in [0.1, 0.15) is 0 Å². The molecule has 2 rings (SSSR count). The predicted molar refractivity (Wildman–Crippen MR) is 77.0 cm³/mol. The van der Waals surface area contributed by atoms with Crippen LogP contribution < -0.4 is 5.32 Å². The number of nitrogens with zero attached hydrogens (tertiary/aromatic N) is 1. The van der Waals surface area contributed by atoms with Crippen molar-refractivity contribution in [3.05, 3.63) is 24.3 Å². The maximum atomic E-state index is 3.68. The summed E-state index contributed by atoms with van der Waals surface area (Å²) in [5, 5.41) is 3.68. The van der Waals surface area contributed by atoms with Crippen molar-refractivity contribution >= 4 is 17.4 Å². The second-order valence-electron chi connectivity index (χ2n) is 4.92. The largest absolute Gasteiger partial charge is 0.380 e. The highest BCUT2D eigenvalue weighted by Gasteiger charge is 2.24. The number of likely N-dealkylation sites (tertiary alicyclic amines) is 1. The van der Waals surface area contributed by atoms with Crippen LogP contribution in [0.1, 0.15) is 20.3 Å². The number of hydrogen-bond donors (Lipinski definition) is 1. The van der Waals surface area contributed by atoms with Gasteiger partial charge in [0, 0.05) is 35.8 Å². The zero-order valence-electron chi connectivity index (χ0n) is 10.9. The number of benzene rings is 1.